The third kappa shape index (κ3) is 3.24. The van der Waals surface area contributed by atoms with Gasteiger partial charge in [0.15, 0.2) is 0 Å². The third-order valence-electron chi connectivity index (χ3n) is 3.45. The first-order valence-electron chi connectivity index (χ1n) is 6.81. The van der Waals surface area contributed by atoms with E-state index < -0.39 is 10.8 Å². The molecule has 1 heterocycles. The van der Waals surface area contributed by atoms with Gasteiger partial charge in [-0.1, -0.05) is 12.8 Å². The summed E-state index contributed by atoms with van der Waals surface area (Å²) >= 11 is 4.12. The van der Waals surface area contributed by atoms with E-state index in [1.807, 2.05) is 0 Å². The van der Waals surface area contributed by atoms with Gasteiger partial charge in [0.25, 0.3) is 17.5 Å². The van der Waals surface area contributed by atoms with E-state index in [2.05, 4.69) is 12.6 Å². The molecule has 0 aromatic heterocycles. The van der Waals surface area contributed by atoms with Crippen LogP contribution in [0.2, 0.25) is 0 Å². The van der Waals surface area contributed by atoms with Gasteiger partial charge >= 0.3 is 0 Å². The van der Waals surface area contributed by atoms with E-state index in [0.717, 1.165) is 31.4 Å². The molecule has 21 heavy (non-hydrogen) atoms. The van der Waals surface area contributed by atoms with Crippen LogP contribution >= 0.6 is 12.6 Å². The number of fused-ring (bicyclic) bond motifs is 1. The zero-order valence-corrected chi connectivity index (χ0v) is 12.3. The van der Waals surface area contributed by atoms with Gasteiger partial charge in [0.1, 0.15) is 0 Å². The van der Waals surface area contributed by atoms with Gasteiger partial charge in [-0.05, 0) is 24.7 Å². The molecular weight excluding hydrogens is 292 g/mol. The van der Waals surface area contributed by atoms with Crippen LogP contribution in [0.15, 0.2) is 18.2 Å². The Kier molecular flexibility index (Phi) is 4.95. The van der Waals surface area contributed by atoms with Crippen LogP contribution in [-0.4, -0.2) is 33.9 Å². The summed E-state index contributed by atoms with van der Waals surface area (Å²) in [6.45, 7) is 0.354. The zero-order valence-electron chi connectivity index (χ0n) is 11.4. The second kappa shape index (κ2) is 6.71. The van der Waals surface area contributed by atoms with Crippen LogP contribution < -0.4 is 0 Å². The Morgan fingerprint density at radius 1 is 1.05 bits per heavy atom. The Morgan fingerprint density at radius 3 is 2.38 bits per heavy atom. The average Bonchev–Trinajstić information content (AvgIpc) is 2.71. The fraction of sp³-hybridized carbons (Fsp3) is 0.429. The van der Waals surface area contributed by atoms with Crippen molar-refractivity contribution in [2.24, 2.45) is 0 Å². The topological polar surface area (TPSA) is 80.5 Å². The number of amides is 2. The van der Waals surface area contributed by atoms with E-state index in [-0.39, 0.29) is 22.7 Å². The van der Waals surface area contributed by atoms with Crippen molar-refractivity contribution in [3.63, 3.8) is 0 Å². The van der Waals surface area contributed by atoms with Crippen molar-refractivity contribution in [3.8, 4) is 0 Å². The van der Waals surface area contributed by atoms with Gasteiger partial charge in [0, 0.05) is 18.7 Å². The predicted molar refractivity (Wildman–Crippen MR) is 80.8 cm³/mol. The van der Waals surface area contributed by atoms with Crippen molar-refractivity contribution in [1.82, 2.24) is 4.90 Å². The number of nitro groups is 1. The molecule has 1 aromatic rings. The predicted octanol–water partition coefficient (Wildman–Crippen LogP) is 2.68. The minimum atomic E-state index is -0.571. The number of benzene rings is 1. The number of rotatable bonds is 7. The lowest BCUT2D eigenvalue weighted by atomic mass is 10.1. The second-order valence-electron chi connectivity index (χ2n) is 4.89. The lowest BCUT2D eigenvalue weighted by molar-refractivity contribution is -0.384. The minimum Gasteiger partial charge on any atom is -0.274 e. The molecule has 112 valence electrons. The van der Waals surface area contributed by atoms with Crippen LogP contribution in [0.5, 0.6) is 0 Å². The normalized spacial score (nSPS) is 13.7. The number of unbranched alkanes of at least 4 members (excludes halogenated alkanes) is 3. The molecule has 0 unspecified atom stereocenters. The summed E-state index contributed by atoms with van der Waals surface area (Å²) in [5.74, 6) is 0.0310. The number of nitro benzene ring substituents is 1. The molecule has 2 amide bonds. The molecule has 1 aliphatic heterocycles. The van der Waals surface area contributed by atoms with Crippen LogP contribution in [0, 0.1) is 10.1 Å². The first-order chi connectivity index (χ1) is 10.1. The molecule has 0 fully saturated rings. The van der Waals surface area contributed by atoms with Crippen LogP contribution in [0.3, 0.4) is 0 Å². The van der Waals surface area contributed by atoms with Gasteiger partial charge in [-0.2, -0.15) is 12.6 Å². The summed E-state index contributed by atoms with van der Waals surface area (Å²) in [5, 5.41) is 10.7. The average molecular weight is 308 g/mol. The molecule has 0 atom stereocenters. The molecule has 2 rings (SSSR count). The number of carbonyl (C=O) groups excluding carboxylic acids is 2. The maximum absolute atomic E-state index is 12.2. The highest BCUT2D eigenvalue weighted by Crippen LogP contribution is 2.27. The summed E-state index contributed by atoms with van der Waals surface area (Å²) in [6.07, 6.45) is 3.69. The zero-order chi connectivity index (χ0) is 15.4. The molecule has 0 radical (unpaired) electrons. The number of nitrogens with zero attached hydrogens (tertiary/aromatic N) is 2. The van der Waals surface area contributed by atoms with E-state index in [9.17, 15) is 19.7 Å². The van der Waals surface area contributed by atoms with E-state index in [1.165, 1.54) is 23.1 Å². The highest BCUT2D eigenvalue weighted by molar-refractivity contribution is 7.80. The lowest BCUT2D eigenvalue weighted by Gasteiger charge is -2.13. The minimum absolute atomic E-state index is 0.129. The number of hydrogen-bond donors (Lipinski definition) is 1. The van der Waals surface area contributed by atoms with Crippen LogP contribution in [0.1, 0.15) is 46.4 Å². The molecule has 0 N–H and O–H groups in total. The summed E-state index contributed by atoms with van der Waals surface area (Å²) in [7, 11) is 0. The van der Waals surface area contributed by atoms with Gasteiger partial charge in [0.05, 0.1) is 16.1 Å². The van der Waals surface area contributed by atoms with E-state index in [0.29, 0.717) is 6.54 Å². The molecule has 1 aromatic carbocycles. The molecule has 0 saturated heterocycles. The number of carbonyl (C=O) groups is 2. The van der Waals surface area contributed by atoms with Gasteiger partial charge in [0.2, 0.25) is 0 Å². The highest BCUT2D eigenvalue weighted by Gasteiger charge is 2.36. The standard InChI is InChI=1S/C14H16N2O4S/c17-13-11-6-5-10(16(19)20)9-12(11)14(18)15(13)7-3-1-2-4-8-21/h5-6,9,21H,1-4,7-8H2. The monoisotopic (exact) mass is 308 g/mol. The molecule has 0 saturated carbocycles. The Hall–Kier alpha value is -1.89. The fourth-order valence-electron chi connectivity index (χ4n) is 2.33. The van der Waals surface area contributed by atoms with Gasteiger partial charge in [-0.15, -0.1) is 0 Å². The van der Waals surface area contributed by atoms with Crippen molar-refractivity contribution < 1.29 is 14.5 Å². The Morgan fingerprint density at radius 2 is 1.71 bits per heavy atom. The van der Waals surface area contributed by atoms with Gasteiger partial charge in [-0.25, -0.2) is 0 Å². The maximum atomic E-state index is 12.2. The van der Waals surface area contributed by atoms with Gasteiger partial charge in [-0.3, -0.25) is 24.6 Å². The largest absolute Gasteiger partial charge is 0.274 e. The molecule has 7 heteroatoms. The molecule has 0 aliphatic carbocycles. The summed E-state index contributed by atoms with van der Waals surface area (Å²) in [4.78, 5) is 35.6. The van der Waals surface area contributed by atoms with Crippen molar-refractivity contribution >= 4 is 30.1 Å². The quantitative estimate of drug-likeness (QED) is 0.276. The number of hydrogen-bond acceptors (Lipinski definition) is 5. The summed E-state index contributed by atoms with van der Waals surface area (Å²) in [6, 6.07) is 3.78. The summed E-state index contributed by atoms with van der Waals surface area (Å²) < 4.78 is 0. The van der Waals surface area contributed by atoms with Crippen LogP contribution in [0.25, 0.3) is 0 Å². The second-order valence-corrected chi connectivity index (χ2v) is 5.33. The number of imide groups is 1. The molecular formula is C14H16N2O4S. The Bertz CT molecular complexity index is 588. The van der Waals surface area contributed by atoms with Crippen molar-refractivity contribution in [2.75, 3.05) is 12.3 Å². The van der Waals surface area contributed by atoms with Crippen molar-refractivity contribution in [1.29, 1.82) is 0 Å². The smallest absolute Gasteiger partial charge is 0.270 e. The maximum Gasteiger partial charge on any atom is 0.270 e. The van der Waals surface area contributed by atoms with Crippen molar-refractivity contribution in [2.45, 2.75) is 25.7 Å². The Balaban J connectivity index is 2.06. The van der Waals surface area contributed by atoms with E-state index >= 15 is 0 Å². The first-order valence-corrected chi connectivity index (χ1v) is 7.45. The van der Waals surface area contributed by atoms with E-state index in [4.69, 9.17) is 0 Å². The molecule has 0 bridgehead atoms. The SMILES string of the molecule is O=C1c2ccc([N+](=O)[O-])cc2C(=O)N1CCCCCCS. The van der Waals surface area contributed by atoms with Crippen LogP contribution in [0.4, 0.5) is 5.69 Å². The van der Waals surface area contributed by atoms with Gasteiger partial charge < -0.3 is 0 Å². The number of non-ortho nitro benzene ring substituents is 1. The Labute approximate surface area is 127 Å². The van der Waals surface area contributed by atoms with Crippen LogP contribution in [-0.2, 0) is 0 Å². The molecule has 1 aliphatic rings. The highest BCUT2D eigenvalue weighted by atomic mass is 32.1. The summed E-state index contributed by atoms with van der Waals surface area (Å²) in [5.41, 5.74) is 0.205. The lowest BCUT2D eigenvalue weighted by Crippen LogP contribution is -2.30. The molecule has 6 nitrogen and oxygen atoms in total. The van der Waals surface area contributed by atoms with E-state index in [1.54, 1.807) is 0 Å². The first kappa shape index (κ1) is 15.5. The number of thiol groups is 1. The van der Waals surface area contributed by atoms with Crippen molar-refractivity contribution in [3.05, 3.63) is 39.4 Å². The molecule has 0 spiro atoms. The fourth-order valence-corrected chi connectivity index (χ4v) is 2.55. The third-order valence-corrected chi connectivity index (χ3v) is 3.77.